The zero-order chi connectivity index (χ0) is 21.6. The zero-order valence-electron chi connectivity index (χ0n) is 15.8. The summed E-state index contributed by atoms with van der Waals surface area (Å²) in [5.41, 5.74) is -0.00746. The Hall–Kier alpha value is -3.11. The topological polar surface area (TPSA) is 150 Å². The average Bonchev–Trinajstić information content (AvgIpc) is 3.00. The Balaban J connectivity index is 1.76. The third kappa shape index (κ3) is 3.37. The fourth-order valence-corrected chi connectivity index (χ4v) is 3.40. The molecular weight excluding hydrogens is 396 g/mol. The van der Waals surface area contributed by atoms with Crippen molar-refractivity contribution in [3.63, 3.8) is 0 Å². The number of aliphatic hydroxyl groups is 3. The minimum absolute atomic E-state index is 0.0632. The van der Waals surface area contributed by atoms with Crippen LogP contribution in [0.4, 0.5) is 0 Å². The Kier molecular flexibility index (Phi) is 5.12. The van der Waals surface area contributed by atoms with E-state index in [1.54, 1.807) is 30.3 Å². The van der Waals surface area contributed by atoms with Crippen LogP contribution in [0.2, 0.25) is 0 Å². The van der Waals surface area contributed by atoms with Gasteiger partial charge in [0.1, 0.15) is 35.0 Å². The number of ether oxygens (including phenoxy) is 2. The summed E-state index contributed by atoms with van der Waals surface area (Å²) in [7, 11) is 0. The van der Waals surface area contributed by atoms with Gasteiger partial charge in [0, 0.05) is 17.7 Å². The largest absolute Gasteiger partial charge is 0.504 e. The molecule has 0 spiro atoms. The molecule has 2 aromatic carbocycles. The highest BCUT2D eigenvalue weighted by atomic mass is 16.7. The molecule has 0 unspecified atom stereocenters. The summed E-state index contributed by atoms with van der Waals surface area (Å²) in [6, 6.07) is 11.2. The average molecular weight is 416 g/mol. The van der Waals surface area contributed by atoms with Crippen LogP contribution in [0.25, 0.3) is 22.3 Å². The Morgan fingerprint density at radius 2 is 1.73 bits per heavy atom. The minimum atomic E-state index is -1.52. The molecule has 3 aromatic rings. The van der Waals surface area contributed by atoms with Crippen LogP contribution < -0.4 is 10.2 Å². The predicted octanol–water partition coefficient (Wildman–Crippen LogP) is 1.08. The first-order chi connectivity index (χ1) is 14.3. The van der Waals surface area contributed by atoms with E-state index >= 15 is 0 Å². The van der Waals surface area contributed by atoms with Crippen molar-refractivity contribution in [2.75, 3.05) is 0 Å². The lowest BCUT2D eigenvalue weighted by Crippen LogP contribution is -2.38. The van der Waals surface area contributed by atoms with Gasteiger partial charge in [-0.2, -0.15) is 0 Å². The van der Waals surface area contributed by atoms with E-state index in [9.17, 15) is 30.3 Å². The van der Waals surface area contributed by atoms with Crippen molar-refractivity contribution in [1.82, 2.24) is 0 Å². The van der Waals surface area contributed by atoms with E-state index in [4.69, 9.17) is 13.9 Å². The Morgan fingerprint density at radius 1 is 1.03 bits per heavy atom. The molecule has 0 aliphatic carbocycles. The van der Waals surface area contributed by atoms with E-state index in [2.05, 4.69) is 0 Å². The fourth-order valence-electron chi connectivity index (χ4n) is 3.40. The first-order valence-corrected chi connectivity index (χ1v) is 9.22. The molecule has 0 amide bonds. The Morgan fingerprint density at radius 3 is 2.37 bits per heavy atom. The second-order valence-electron chi connectivity index (χ2n) is 7.09. The molecule has 30 heavy (non-hydrogen) atoms. The lowest BCUT2D eigenvalue weighted by atomic mass is 10.1. The maximum atomic E-state index is 12.5. The van der Waals surface area contributed by atoms with Gasteiger partial charge in [0.2, 0.25) is 12.0 Å². The molecule has 2 heterocycles. The number of hydrogen-bond acceptors (Lipinski definition) is 9. The molecule has 1 fully saturated rings. The number of fused-ring (bicyclic) bond motifs is 1. The van der Waals surface area contributed by atoms with Crippen LogP contribution in [0.1, 0.15) is 6.92 Å². The lowest BCUT2D eigenvalue weighted by molar-refractivity contribution is -0.129. The molecule has 1 aromatic heterocycles. The maximum absolute atomic E-state index is 12.5. The first-order valence-electron chi connectivity index (χ1n) is 9.22. The van der Waals surface area contributed by atoms with Crippen LogP contribution in [0.5, 0.6) is 17.2 Å². The van der Waals surface area contributed by atoms with Crippen molar-refractivity contribution in [3.8, 4) is 28.6 Å². The highest BCUT2D eigenvalue weighted by Crippen LogP contribution is 2.42. The SMILES string of the molecule is C[C@@H](O)[C@@H]1O[C@@H](Oc2cc3oc(-c4ccccc4)cc(=O)c3c(O)c2O)[C@@H](O)[C@H]1O. The van der Waals surface area contributed by atoms with E-state index < -0.39 is 47.6 Å². The summed E-state index contributed by atoms with van der Waals surface area (Å²) in [6.45, 7) is 1.38. The van der Waals surface area contributed by atoms with E-state index in [0.717, 1.165) is 0 Å². The molecule has 0 saturated carbocycles. The summed E-state index contributed by atoms with van der Waals surface area (Å²) < 4.78 is 16.5. The van der Waals surface area contributed by atoms with Gasteiger partial charge in [-0.05, 0) is 6.92 Å². The molecular formula is C21H20O9. The second kappa shape index (κ2) is 7.62. The van der Waals surface area contributed by atoms with E-state index in [1.165, 1.54) is 19.1 Å². The van der Waals surface area contributed by atoms with Crippen LogP contribution >= 0.6 is 0 Å². The van der Waals surface area contributed by atoms with Gasteiger partial charge in [-0.1, -0.05) is 30.3 Å². The molecule has 1 aliphatic heterocycles. The number of phenolic OH excluding ortho intramolecular Hbond substituents is 2. The van der Waals surface area contributed by atoms with Crippen molar-refractivity contribution in [1.29, 1.82) is 0 Å². The second-order valence-corrected chi connectivity index (χ2v) is 7.09. The van der Waals surface area contributed by atoms with Crippen molar-refractivity contribution in [2.45, 2.75) is 37.6 Å². The van der Waals surface area contributed by atoms with E-state index in [1.807, 2.05) is 0 Å². The highest BCUT2D eigenvalue weighted by Gasteiger charge is 2.46. The molecule has 1 saturated heterocycles. The molecule has 1 aliphatic rings. The van der Waals surface area contributed by atoms with Crippen molar-refractivity contribution >= 4 is 11.0 Å². The third-order valence-corrected chi connectivity index (χ3v) is 4.97. The van der Waals surface area contributed by atoms with Crippen LogP contribution in [0, 0.1) is 0 Å². The quantitative estimate of drug-likeness (QED) is 0.394. The van der Waals surface area contributed by atoms with Gasteiger partial charge in [0.25, 0.3) is 0 Å². The number of hydrogen-bond donors (Lipinski definition) is 5. The van der Waals surface area contributed by atoms with Crippen LogP contribution in [-0.2, 0) is 4.74 Å². The van der Waals surface area contributed by atoms with Crippen molar-refractivity contribution < 1.29 is 39.4 Å². The van der Waals surface area contributed by atoms with Crippen LogP contribution in [0.15, 0.2) is 51.7 Å². The number of phenols is 2. The summed E-state index contributed by atoms with van der Waals surface area (Å²) >= 11 is 0. The van der Waals surface area contributed by atoms with Gasteiger partial charge in [0.15, 0.2) is 16.9 Å². The summed E-state index contributed by atoms with van der Waals surface area (Å²) in [5.74, 6) is -1.61. The molecule has 9 heteroatoms. The van der Waals surface area contributed by atoms with Gasteiger partial charge in [0.05, 0.1) is 6.10 Å². The van der Waals surface area contributed by atoms with Crippen molar-refractivity contribution in [2.24, 2.45) is 0 Å². The Bertz CT molecular complexity index is 1120. The number of rotatable bonds is 4. The van der Waals surface area contributed by atoms with E-state index in [0.29, 0.717) is 5.56 Å². The predicted molar refractivity (Wildman–Crippen MR) is 104 cm³/mol. The number of aliphatic hydroxyl groups excluding tert-OH is 3. The molecule has 0 bridgehead atoms. The van der Waals surface area contributed by atoms with Crippen LogP contribution in [-0.4, -0.2) is 56.2 Å². The lowest BCUT2D eigenvalue weighted by Gasteiger charge is -2.19. The van der Waals surface area contributed by atoms with Gasteiger partial charge in [-0.25, -0.2) is 0 Å². The highest BCUT2D eigenvalue weighted by molar-refractivity contribution is 5.89. The zero-order valence-corrected chi connectivity index (χ0v) is 15.8. The standard InChI is InChI=1S/C21H20O9/c1-9(22)20-18(26)19(27)21(30-20)29-14-8-13-15(17(25)16(14)24)11(23)7-12(28-13)10-5-3-2-4-6-10/h2-9,18-22,24-27H,1H3/t9-,18-,19+,20+,21-/m1/s1. The van der Waals surface area contributed by atoms with E-state index in [-0.39, 0.29) is 22.5 Å². The smallest absolute Gasteiger partial charge is 0.229 e. The number of aromatic hydroxyl groups is 2. The van der Waals surface area contributed by atoms with Gasteiger partial charge in [-0.3, -0.25) is 4.79 Å². The molecule has 158 valence electrons. The third-order valence-electron chi connectivity index (χ3n) is 4.97. The fraction of sp³-hybridized carbons (Fsp3) is 0.286. The Labute approximate surface area is 170 Å². The molecule has 5 N–H and O–H groups in total. The summed E-state index contributed by atoms with van der Waals surface area (Å²) in [6.07, 6.45) is -6.58. The minimum Gasteiger partial charge on any atom is -0.504 e. The maximum Gasteiger partial charge on any atom is 0.229 e. The summed E-state index contributed by atoms with van der Waals surface area (Å²) in [4.78, 5) is 12.5. The molecule has 5 atom stereocenters. The summed E-state index contributed by atoms with van der Waals surface area (Å²) in [5, 5.41) is 50.1. The molecule has 9 nitrogen and oxygen atoms in total. The monoisotopic (exact) mass is 416 g/mol. The number of benzene rings is 2. The normalized spacial score (nSPS) is 24.8. The van der Waals surface area contributed by atoms with Crippen LogP contribution in [0.3, 0.4) is 0 Å². The first kappa shape index (κ1) is 20.2. The van der Waals surface area contributed by atoms with Gasteiger partial charge in [-0.15, -0.1) is 0 Å². The molecule has 0 radical (unpaired) electrons. The molecule has 4 rings (SSSR count). The van der Waals surface area contributed by atoms with Crippen molar-refractivity contribution in [3.05, 3.63) is 52.7 Å². The van der Waals surface area contributed by atoms with Gasteiger partial charge < -0.3 is 39.4 Å². The van der Waals surface area contributed by atoms with Gasteiger partial charge >= 0.3 is 0 Å².